The summed E-state index contributed by atoms with van der Waals surface area (Å²) in [7, 11) is 0. The maximum atomic E-state index is 12.4. The number of benzene rings is 1. The Morgan fingerprint density at radius 1 is 1.35 bits per heavy atom. The molecule has 0 aliphatic carbocycles. The highest BCUT2D eigenvalue weighted by atomic mass is 16.6. The summed E-state index contributed by atoms with van der Waals surface area (Å²) in [5.41, 5.74) is 0.585. The van der Waals surface area contributed by atoms with E-state index >= 15 is 0 Å². The van der Waals surface area contributed by atoms with Crippen LogP contribution in [0.15, 0.2) is 18.2 Å². The maximum absolute atomic E-state index is 12.4. The van der Waals surface area contributed by atoms with E-state index in [1.807, 2.05) is 6.92 Å². The zero-order chi connectivity index (χ0) is 14.5. The monoisotopic (exact) mass is 279 g/mol. The number of nitrogens with one attached hydrogen (secondary N) is 1. The molecule has 0 saturated carbocycles. The molecule has 0 spiro atoms. The van der Waals surface area contributed by atoms with E-state index in [0.717, 1.165) is 6.42 Å². The van der Waals surface area contributed by atoms with E-state index in [4.69, 9.17) is 9.47 Å². The molecule has 2 unspecified atom stereocenters. The van der Waals surface area contributed by atoms with E-state index in [-0.39, 0.29) is 24.5 Å². The number of ether oxygens (including phenoxy) is 2. The van der Waals surface area contributed by atoms with E-state index in [0.29, 0.717) is 30.3 Å². The summed E-state index contributed by atoms with van der Waals surface area (Å²) < 4.78 is 10.9. The second kappa shape index (κ2) is 6.72. The molecule has 0 radical (unpaired) electrons. The van der Waals surface area contributed by atoms with Crippen LogP contribution < -0.4 is 14.8 Å². The minimum Gasteiger partial charge on any atom is -0.486 e. The molecule has 2 rings (SSSR count). The Labute approximate surface area is 118 Å². The summed E-state index contributed by atoms with van der Waals surface area (Å²) in [5, 5.41) is 12.3. The van der Waals surface area contributed by atoms with Gasteiger partial charge in [-0.2, -0.15) is 0 Å². The van der Waals surface area contributed by atoms with Crippen LogP contribution in [0.5, 0.6) is 11.5 Å². The molecule has 0 fully saturated rings. The van der Waals surface area contributed by atoms with Crippen LogP contribution in [0.25, 0.3) is 0 Å². The summed E-state index contributed by atoms with van der Waals surface area (Å²) in [6, 6.07) is 4.81. The van der Waals surface area contributed by atoms with Gasteiger partial charge in [-0.15, -0.1) is 0 Å². The van der Waals surface area contributed by atoms with Gasteiger partial charge in [0.15, 0.2) is 17.3 Å². The van der Waals surface area contributed by atoms with Crippen molar-refractivity contribution in [1.29, 1.82) is 0 Å². The van der Waals surface area contributed by atoms with Gasteiger partial charge in [-0.3, -0.25) is 4.79 Å². The summed E-state index contributed by atoms with van der Waals surface area (Å²) in [5.74, 6) is 1.27. The van der Waals surface area contributed by atoms with Crippen LogP contribution >= 0.6 is 0 Å². The Morgan fingerprint density at radius 3 is 2.70 bits per heavy atom. The molecule has 1 aromatic carbocycles. The third-order valence-electron chi connectivity index (χ3n) is 3.42. The normalized spacial score (nSPS) is 16.6. The number of rotatable bonds is 6. The zero-order valence-corrected chi connectivity index (χ0v) is 11.9. The predicted octanol–water partition coefficient (Wildman–Crippen LogP) is 1.39. The van der Waals surface area contributed by atoms with Crippen LogP contribution in [0.4, 0.5) is 0 Å². The van der Waals surface area contributed by atoms with Gasteiger partial charge in [0, 0.05) is 11.6 Å². The first kappa shape index (κ1) is 14.8. The Balaban J connectivity index is 2.08. The fraction of sp³-hybridized carbons (Fsp3) is 0.533. The van der Waals surface area contributed by atoms with Crippen molar-refractivity contribution in [3.8, 4) is 11.5 Å². The molecular weight excluding hydrogens is 258 g/mol. The quantitative estimate of drug-likeness (QED) is 0.770. The van der Waals surface area contributed by atoms with E-state index < -0.39 is 0 Å². The van der Waals surface area contributed by atoms with Gasteiger partial charge < -0.3 is 19.9 Å². The van der Waals surface area contributed by atoms with Gasteiger partial charge in [0.2, 0.25) is 0 Å². The van der Waals surface area contributed by atoms with Crippen molar-refractivity contribution in [2.45, 2.75) is 32.4 Å². The van der Waals surface area contributed by atoms with Crippen molar-refractivity contribution in [2.75, 3.05) is 19.8 Å². The molecule has 2 atom stereocenters. The predicted molar refractivity (Wildman–Crippen MR) is 75.5 cm³/mol. The van der Waals surface area contributed by atoms with E-state index in [1.165, 1.54) is 0 Å². The summed E-state index contributed by atoms with van der Waals surface area (Å²) in [4.78, 5) is 12.4. The van der Waals surface area contributed by atoms with Gasteiger partial charge in [0.25, 0.3) is 0 Å². The topological polar surface area (TPSA) is 67.8 Å². The molecule has 0 bridgehead atoms. The molecule has 0 saturated heterocycles. The van der Waals surface area contributed by atoms with Gasteiger partial charge in [0.05, 0.1) is 12.6 Å². The van der Waals surface area contributed by atoms with Gasteiger partial charge >= 0.3 is 0 Å². The average Bonchev–Trinajstić information content (AvgIpc) is 2.51. The van der Waals surface area contributed by atoms with Gasteiger partial charge in [-0.05, 0) is 31.5 Å². The first-order valence-electron chi connectivity index (χ1n) is 6.96. The Hall–Kier alpha value is -1.59. The molecule has 0 aromatic heterocycles. The average molecular weight is 279 g/mol. The number of aliphatic hydroxyl groups is 1. The lowest BCUT2D eigenvalue weighted by molar-refractivity contribution is 0.0934. The fourth-order valence-corrected chi connectivity index (χ4v) is 2.18. The third-order valence-corrected chi connectivity index (χ3v) is 3.42. The lowest BCUT2D eigenvalue weighted by Crippen LogP contribution is -2.43. The molecule has 5 heteroatoms. The fourth-order valence-electron chi connectivity index (χ4n) is 2.18. The highest BCUT2D eigenvalue weighted by molar-refractivity contribution is 6.00. The van der Waals surface area contributed by atoms with Gasteiger partial charge in [-0.1, -0.05) is 6.92 Å². The first-order chi connectivity index (χ1) is 9.65. The molecule has 5 nitrogen and oxygen atoms in total. The van der Waals surface area contributed by atoms with Gasteiger partial charge in [-0.25, -0.2) is 0 Å². The number of ketones is 1. The number of hydrogen-bond acceptors (Lipinski definition) is 5. The largest absolute Gasteiger partial charge is 0.486 e. The van der Waals surface area contributed by atoms with Crippen LogP contribution in [0.1, 0.15) is 30.6 Å². The minimum absolute atomic E-state index is 0.0196. The molecule has 2 N–H and O–H groups in total. The van der Waals surface area contributed by atoms with Crippen molar-refractivity contribution in [2.24, 2.45) is 0 Å². The highest BCUT2D eigenvalue weighted by Crippen LogP contribution is 2.31. The van der Waals surface area contributed by atoms with Crippen LogP contribution in [0, 0.1) is 0 Å². The van der Waals surface area contributed by atoms with Crippen molar-refractivity contribution >= 4 is 5.78 Å². The standard InChI is InChI=1S/C15H21NO4/c1-3-12(9-17)16-10(2)15(18)11-4-5-13-14(8-11)20-7-6-19-13/h4-5,8,10,12,16-17H,3,6-7,9H2,1-2H3. The Bertz CT molecular complexity index is 471. The van der Waals surface area contributed by atoms with E-state index in [9.17, 15) is 9.90 Å². The number of aliphatic hydroxyl groups excluding tert-OH is 1. The number of hydrogen-bond donors (Lipinski definition) is 2. The lowest BCUT2D eigenvalue weighted by Gasteiger charge is -2.21. The molecule has 1 aliphatic heterocycles. The van der Waals surface area contributed by atoms with E-state index in [2.05, 4.69) is 5.32 Å². The Morgan fingerprint density at radius 2 is 2.05 bits per heavy atom. The highest BCUT2D eigenvalue weighted by Gasteiger charge is 2.20. The Kier molecular flexibility index (Phi) is 4.98. The SMILES string of the molecule is CCC(CO)NC(C)C(=O)c1ccc2c(c1)OCCO2. The molecule has 20 heavy (non-hydrogen) atoms. The molecule has 1 heterocycles. The molecule has 110 valence electrons. The zero-order valence-electron chi connectivity index (χ0n) is 11.9. The number of carbonyl (C=O) groups is 1. The second-order valence-corrected chi connectivity index (χ2v) is 4.90. The molecule has 1 aliphatic rings. The smallest absolute Gasteiger partial charge is 0.179 e. The number of carbonyl (C=O) groups excluding carboxylic acids is 1. The summed E-state index contributed by atoms with van der Waals surface area (Å²) >= 11 is 0. The van der Waals surface area contributed by atoms with Gasteiger partial charge in [0.1, 0.15) is 13.2 Å². The summed E-state index contributed by atoms with van der Waals surface area (Å²) in [6.45, 7) is 4.83. The molecular formula is C15H21NO4. The van der Waals surface area contributed by atoms with Crippen molar-refractivity contribution in [1.82, 2.24) is 5.32 Å². The van der Waals surface area contributed by atoms with Crippen LogP contribution in [0.2, 0.25) is 0 Å². The summed E-state index contributed by atoms with van der Waals surface area (Å²) in [6.07, 6.45) is 0.773. The number of Topliss-reactive ketones (excluding diaryl/α,β-unsaturated/α-hetero) is 1. The minimum atomic E-state index is -0.352. The third kappa shape index (κ3) is 3.29. The second-order valence-electron chi connectivity index (χ2n) is 4.90. The van der Waals surface area contributed by atoms with Crippen LogP contribution in [-0.4, -0.2) is 42.8 Å². The lowest BCUT2D eigenvalue weighted by atomic mass is 10.0. The molecule has 1 aromatic rings. The van der Waals surface area contributed by atoms with Crippen LogP contribution in [0.3, 0.4) is 0 Å². The molecule has 0 amide bonds. The van der Waals surface area contributed by atoms with Crippen LogP contribution in [-0.2, 0) is 0 Å². The van der Waals surface area contributed by atoms with Crippen molar-refractivity contribution in [3.05, 3.63) is 23.8 Å². The van der Waals surface area contributed by atoms with E-state index in [1.54, 1.807) is 25.1 Å². The maximum Gasteiger partial charge on any atom is 0.179 e. The van der Waals surface area contributed by atoms with Crippen molar-refractivity contribution in [3.63, 3.8) is 0 Å². The first-order valence-corrected chi connectivity index (χ1v) is 6.96. The van der Waals surface area contributed by atoms with Crippen molar-refractivity contribution < 1.29 is 19.4 Å². The number of fused-ring (bicyclic) bond motifs is 1.